The molecule has 0 unspecified atom stereocenters. The van der Waals surface area contributed by atoms with E-state index in [1.807, 2.05) is 20.8 Å². The molecule has 0 fully saturated rings. The fourth-order valence-corrected chi connectivity index (χ4v) is 1.90. The SMILES string of the molecule is CC(C)(C)CN(C(=O)Cn1cnnn1)c1ccc(F)cc1. The maximum atomic E-state index is 13.1. The van der Waals surface area contributed by atoms with Gasteiger partial charge in [-0.25, -0.2) is 9.07 Å². The monoisotopic (exact) mass is 291 g/mol. The Kier molecular flexibility index (Phi) is 4.30. The van der Waals surface area contributed by atoms with E-state index in [1.165, 1.54) is 23.1 Å². The highest BCUT2D eigenvalue weighted by atomic mass is 19.1. The van der Waals surface area contributed by atoms with Crippen LogP contribution in [0.1, 0.15) is 20.8 Å². The van der Waals surface area contributed by atoms with Gasteiger partial charge in [-0.3, -0.25) is 4.79 Å². The molecular weight excluding hydrogens is 273 g/mol. The molecule has 0 aliphatic rings. The van der Waals surface area contributed by atoms with E-state index in [9.17, 15) is 9.18 Å². The van der Waals surface area contributed by atoms with E-state index in [0.29, 0.717) is 12.2 Å². The largest absolute Gasteiger partial charge is 0.310 e. The van der Waals surface area contributed by atoms with Crippen LogP contribution in [0.15, 0.2) is 30.6 Å². The average molecular weight is 291 g/mol. The van der Waals surface area contributed by atoms with Crippen molar-refractivity contribution in [3.8, 4) is 0 Å². The van der Waals surface area contributed by atoms with Crippen LogP contribution in [-0.2, 0) is 11.3 Å². The zero-order valence-corrected chi connectivity index (χ0v) is 12.3. The average Bonchev–Trinajstić information content (AvgIpc) is 2.89. The van der Waals surface area contributed by atoms with Gasteiger partial charge in [0.1, 0.15) is 18.7 Å². The first-order valence-corrected chi connectivity index (χ1v) is 6.62. The van der Waals surface area contributed by atoms with Crippen LogP contribution < -0.4 is 4.90 Å². The van der Waals surface area contributed by atoms with E-state index >= 15 is 0 Å². The summed E-state index contributed by atoms with van der Waals surface area (Å²) in [6, 6.07) is 5.88. The van der Waals surface area contributed by atoms with E-state index in [2.05, 4.69) is 15.5 Å². The molecule has 1 aromatic heterocycles. The molecule has 0 bridgehead atoms. The Bertz CT molecular complexity index is 589. The molecule has 6 nitrogen and oxygen atoms in total. The number of aromatic nitrogens is 4. The fourth-order valence-electron chi connectivity index (χ4n) is 1.90. The first-order chi connectivity index (χ1) is 9.85. The molecule has 0 N–H and O–H groups in total. The molecule has 21 heavy (non-hydrogen) atoms. The molecule has 0 saturated heterocycles. The van der Waals surface area contributed by atoms with Crippen LogP contribution in [0.5, 0.6) is 0 Å². The van der Waals surface area contributed by atoms with Crippen LogP contribution in [0, 0.1) is 11.2 Å². The van der Waals surface area contributed by atoms with Crippen LogP contribution in [0.2, 0.25) is 0 Å². The third-order valence-electron chi connectivity index (χ3n) is 2.76. The summed E-state index contributed by atoms with van der Waals surface area (Å²) in [6.45, 7) is 6.66. The maximum Gasteiger partial charge on any atom is 0.248 e. The molecule has 0 aliphatic carbocycles. The standard InChI is InChI=1S/C14H18FN5O/c1-14(2,3)9-20(12-6-4-11(15)5-7-12)13(21)8-19-10-16-17-18-19/h4-7,10H,8-9H2,1-3H3. The number of carbonyl (C=O) groups excluding carboxylic acids is 1. The van der Waals surface area contributed by atoms with Gasteiger partial charge in [0.2, 0.25) is 5.91 Å². The van der Waals surface area contributed by atoms with Crippen LogP contribution >= 0.6 is 0 Å². The van der Waals surface area contributed by atoms with Crippen molar-refractivity contribution < 1.29 is 9.18 Å². The Labute approximate surface area is 122 Å². The maximum absolute atomic E-state index is 13.1. The first-order valence-electron chi connectivity index (χ1n) is 6.62. The van der Waals surface area contributed by atoms with Crippen molar-refractivity contribution in [3.05, 3.63) is 36.4 Å². The smallest absolute Gasteiger partial charge is 0.248 e. The number of nitrogens with zero attached hydrogens (tertiary/aromatic N) is 5. The van der Waals surface area contributed by atoms with Crippen molar-refractivity contribution in [2.75, 3.05) is 11.4 Å². The lowest BCUT2D eigenvalue weighted by Crippen LogP contribution is -2.40. The molecule has 0 aliphatic heterocycles. The molecule has 112 valence electrons. The number of hydrogen-bond donors (Lipinski definition) is 0. The summed E-state index contributed by atoms with van der Waals surface area (Å²) >= 11 is 0. The molecule has 7 heteroatoms. The fraction of sp³-hybridized carbons (Fsp3) is 0.429. The Morgan fingerprint density at radius 1 is 1.29 bits per heavy atom. The van der Waals surface area contributed by atoms with Gasteiger partial charge in [0, 0.05) is 12.2 Å². The predicted octanol–water partition coefficient (Wildman–Crippen LogP) is 1.89. The summed E-state index contributed by atoms with van der Waals surface area (Å²) in [7, 11) is 0. The lowest BCUT2D eigenvalue weighted by molar-refractivity contribution is -0.119. The van der Waals surface area contributed by atoms with Crippen LogP contribution in [-0.4, -0.2) is 32.7 Å². The van der Waals surface area contributed by atoms with E-state index in [4.69, 9.17) is 0 Å². The highest BCUT2D eigenvalue weighted by Gasteiger charge is 2.23. The van der Waals surface area contributed by atoms with Gasteiger partial charge >= 0.3 is 0 Å². The molecule has 0 atom stereocenters. The molecular formula is C14H18FN5O. The Morgan fingerprint density at radius 2 is 1.95 bits per heavy atom. The van der Waals surface area contributed by atoms with E-state index in [1.54, 1.807) is 17.0 Å². The highest BCUT2D eigenvalue weighted by molar-refractivity contribution is 5.93. The number of hydrogen-bond acceptors (Lipinski definition) is 4. The molecule has 2 rings (SSSR count). The number of anilines is 1. The van der Waals surface area contributed by atoms with Crippen LogP contribution in [0.25, 0.3) is 0 Å². The summed E-state index contributed by atoms with van der Waals surface area (Å²) in [5.74, 6) is -0.480. The second-order valence-electron chi connectivity index (χ2n) is 6.02. The second-order valence-corrected chi connectivity index (χ2v) is 6.02. The molecule has 2 aromatic rings. The van der Waals surface area contributed by atoms with E-state index in [-0.39, 0.29) is 23.7 Å². The summed E-state index contributed by atoms with van der Waals surface area (Å²) in [6.07, 6.45) is 1.39. The Balaban J connectivity index is 2.22. The first kappa shape index (κ1) is 15.1. The van der Waals surface area contributed by atoms with Gasteiger partial charge in [0.15, 0.2) is 0 Å². The number of rotatable bonds is 4. The summed E-state index contributed by atoms with van der Waals surface area (Å²) in [5, 5.41) is 10.7. The van der Waals surface area contributed by atoms with Crippen molar-refractivity contribution in [1.82, 2.24) is 20.2 Å². The van der Waals surface area contributed by atoms with Crippen molar-refractivity contribution in [2.45, 2.75) is 27.3 Å². The summed E-state index contributed by atoms with van der Waals surface area (Å²) < 4.78 is 14.4. The summed E-state index contributed by atoms with van der Waals surface area (Å²) in [5.41, 5.74) is 0.564. The van der Waals surface area contributed by atoms with E-state index < -0.39 is 0 Å². The zero-order chi connectivity index (χ0) is 15.5. The second kappa shape index (κ2) is 5.99. The molecule has 1 aromatic carbocycles. The molecule has 0 spiro atoms. The van der Waals surface area contributed by atoms with Gasteiger partial charge in [-0.05, 0) is 40.1 Å². The summed E-state index contributed by atoms with van der Waals surface area (Å²) in [4.78, 5) is 14.1. The van der Waals surface area contributed by atoms with Crippen LogP contribution in [0.3, 0.4) is 0 Å². The minimum absolute atomic E-state index is 0.0421. The van der Waals surface area contributed by atoms with Gasteiger partial charge in [0.25, 0.3) is 0 Å². The topological polar surface area (TPSA) is 63.9 Å². The number of halogens is 1. The lowest BCUT2D eigenvalue weighted by Gasteiger charge is -2.30. The minimum atomic E-state index is -0.331. The van der Waals surface area contributed by atoms with Gasteiger partial charge in [-0.2, -0.15) is 0 Å². The van der Waals surface area contributed by atoms with Crippen molar-refractivity contribution in [2.24, 2.45) is 5.41 Å². The van der Waals surface area contributed by atoms with Crippen molar-refractivity contribution >= 4 is 11.6 Å². The molecule has 0 radical (unpaired) electrons. The van der Waals surface area contributed by atoms with Crippen molar-refractivity contribution in [3.63, 3.8) is 0 Å². The zero-order valence-electron chi connectivity index (χ0n) is 12.3. The number of carbonyl (C=O) groups is 1. The Morgan fingerprint density at radius 3 is 2.48 bits per heavy atom. The predicted molar refractivity (Wildman–Crippen MR) is 76.0 cm³/mol. The lowest BCUT2D eigenvalue weighted by atomic mass is 9.95. The van der Waals surface area contributed by atoms with Gasteiger partial charge in [-0.15, -0.1) is 5.10 Å². The van der Waals surface area contributed by atoms with Gasteiger partial charge < -0.3 is 4.90 Å². The number of tetrazole rings is 1. The van der Waals surface area contributed by atoms with Gasteiger partial charge in [-0.1, -0.05) is 20.8 Å². The van der Waals surface area contributed by atoms with Crippen molar-refractivity contribution in [1.29, 1.82) is 0 Å². The normalized spacial score (nSPS) is 11.4. The third kappa shape index (κ3) is 4.34. The molecule has 0 saturated carbocycles. The number of benzene rings is 1. The highest BCUT2D eigenvalue weighted by Crippen LogP contribution is 2.22. The van der Waals surface area contributed by atoms with E-state index in [0.717, 1.165) is 0 Å². The Hall–Kier alpha value is -2.31. The quantitative estimate of drug-likeness (QED) is 0.863. The third-order valence-corrected chi connectivity index (χ3v) is 2.76. The molecule has 1 heterocycles. The minimum Gasteiger partial charge on any atom is -0.310 e. The molecule has 1 amide bonds. The van der Waals surface area contributed by atoms with Gasteiger partial charge in [0.05, 0.1) is 0 Å². The number of amides is 1. The van der Waals surface area contributed by atoms with Crippen LogP contribution in [0.4, 0.5) is 10.1 Å².